The van der Waals surface area contributed by atoms with Gasteiger partial charge in [0.2, 0.25) is 0 Å². The lowest BCUT2D eigenvalue weighted by Crippen LogP contribution is -2.51. The smallest absolute Gasteiger partial charge is 0.227 e. The molecule has 0 aromatic rings. The van der Waals surface area contributed by atoms with Gasteiger partial charge in [0, 0.05) is 6.26 Å². The molecule has 0 aromatic carbocycles. The summed E-state index contributed by atoms with van der Waals surface area (Å²) in [6.45, 7) is 0. The van der Waals surface area contributed by atoms with Crippen molar-refractivity contribution in [3.05, 3.63) is 0 Å². The maximum absolute atomic E-state index is 11.6. The Kier molecular flexibility index (Phi) is 3.53. The van der Waals surface area contributed by atoms with Crippen LogP contribution in [0.15, 0.2) is 4.40 Å². The van der Waals surface area contributed by atoms with Crippen LogP contribution in [-0.2, 0) is 24.8 Å². The molecule has 0 radical (unpaired) electrons. The lowest BCUT2D eigenvalue weighted by molar-refractivity contribution is 0.482. The van der Waals surface area contributed by atoms with E-state index in [1.807, 2.05) is 4.72 Å². The Morgan fingerprint density at radius 1 is 1.19 bits per heavy atom. The molecule has 0 amide bonds. The molecule has 0 spiro atoms. The summed E-state index contributed by atoms with van der Waals surface area (Å²) in [4.78, 5) is 8.37. The average molecular weight is 268 g/mol. The maximum Gasteiger partial charge on any atom is 0.331 e. The van der Waals surface area contributed by atoms with Crippen molar-refractivity contribution in [2.45, 2.75) is 30.6 Å². The minimum absolute atomic E-state index is 0.194. The van der Waals surface area contributed by atoms with Crippen LogP contribution in [0.4, 0.5) is 0 Å². The molecule has 1 aliphatic rings. The fourth-order valence-corrected chi connectivity index (χ4v) is 4.57. The number of carbonyl (C=O) groups excluding carboxylic acids is 1. The number of isocyanates is 1. The second kappa shape index (κ2) is 4.25. The van der Waals surface area contributed by atoms with Crippen molar-refractivity contribution in [3.63, 3.8) is 0 Å². The zero-order valence-electron chi connectivity index (χ0n) is 8.63. The molecule has 0 aliphatic heterocycles. The highest BCUT2D eigenvalue weighted by Gasteiger charge is 2.46. The number of hydrogen-bond acceptors (Lipinski definition) is 5. The fraction of sp³-hybridized carbons (Fsp3) is 0.857. The highest BCUT2D eigenvalue weighted by Crippen LogP contribution is 2.34. The highest BCUT2D eigenvalue weighted by atomic mass is 32.2. The monoisotopic (exact) mass is 268 g/mol. The SMILES string of the molecule is CS(=O)(=O)C1(NS(=O)(=O)N=C=O)CCCC1. The summed E-state index contributed by atoms with van der Waals surface area (Å²) >= 11 is 0. The Balaban J connectivity index is 3.13. The van der Waals surface area contributed by atoms with E-state index in [0.29, 0.717) is 12.8 Å². The molecule has 92 valence electrons. The normalized spacial score (nSPS) is 20.3. The number of hydrogen-bond donors (Lipinski definition) is 1. The molecule has 1 fully saturated rings. The van der Waals surface area contributed by atoms with Gasteiger partial charge in [0.1, 0.15) is 4.87 Å². The van der Waals surface area contributed by atoms with E-state index in [9.17, 15) is 21.6 Å². The first kappa shape index (κ1) is 13.3. The summed E-state index contributed by atoms with van der Waals surface area (Å²) < 4.78 is 50.1. The van der Waals surface area contributed by atoms with Gasteiger partial charge in [-0.3, -0.25) is 0 Å². The zero-order valence-corrected chi connectivity index (χ0v) is 10.3. The van der Waals surface area contributed by atoms with Gasteiger partial charge in [-0.15, -0.1) is 0 Å². The summed E-state index contributed by atoms with van der Waals surface area (Å²) in [5.41, 5.74) is 0. The van der Waals surface area contributed by atoms with Gasteiger partial charge in [-0.1, -0.05) is 17.2 Å². The minimum Gasteiger partial charge on any atom is -0.227 e. The molecule has 1 aliphatic carbocycles. The first-order valence-corrected chi connectivity index (χ1v) is 7.88. The van der Waals surface area contributed by atoms with Crippen LogP contribution in [0.1, 0.15) is 25.7 Å². The number of nitrogens with one attached hydrogen (secondary N) is 1. The van der Waals surface area contributed by atoms with E-state index in [4.69, 9.17) is 0 Å². The van der Waals surface area contributed by atoms with Gasteiger partial charge >= 0.3 is 10.2 Å². The molecule has 9 heteroatoms. The summed E-state index contributed by atoms with van der Waals surface area (Å²) in [5, 5.41) is 0. The quantitative estimate of drug-likeness (QED) is 0.544. The molecule has 0 atom stereocenters. The van der Waals surface area contributed by atoms with Gasteiger partial charge in [0.05, 0.1) is 0 Å². The Bertz CT molecular complexity index is 509. The van der Waals surface area contributed by atoms with Gasteiger partial charge in [-0.05, 0) is 12.8 Å². The Hall–Kier alpha value is -0.760. The van der Waals surface area contributed by atoms with E-state index in [1.54, 1.807) is 0 Å². The van der Waals surface area contributed by atoms with Gasteiger partial charge < -0.3 is 0 Å². The fourth-order valence-electron chi connectivity index (χ4n) is 1.80. The summed E-state index contributed by atoms with van der Waals surface area (Å²) in [6.07, 6.45) is 3.45. The third-order valence-corrected chi connectivity index (χ3v) is 5.62. The van der Waals surface area contributed by atoms with Crippen molar-refractivity contribution >= 4 is 26.1 Å². The topological polar surface area (TPSA) is 110 Å². The van der Waals surface area contributed by atoms with Gasteiger partial charge in [-0.25, -0.2) is 13.2 Å². The van der Waals surface area contributed by atoms with E-state index in [0.717, 1.165) is 12.3 Å². The molecule has 0 unspecified atom stereocenters. The van der Waals surface area contributed by atoms with Crippen LogP contribution in [0.2, 0.25) is 0 Å². The van der Waals surface area contributed by atoms with E-state index >= 15 is 0 Å². The Labute approximate surface area is 94.1 Å². The van der Waals surface area contributed by atoms with E-state index in [2.05, 4.69) is 4.40 Å². The van der Waals surface area contributed by atoms with Crippen molar-refractivity contribution in [2.24, 2.45) is 4.40 Å². The third kappa shape index (κ3) is 2.67. The van der Waals surface area contributed by atoms with Crippen molar-refractivity contribution < 1.29 is 21.6 Å². The first-order valence-electron chi connectivity index (χ1n) is 4.55. The molecule has 1 N–H and O–H groups in total. The van der Waals surface area contributed by atoms with Crippen molar-refractivity contribution in [1.82, 2.24) is 4.72 Å². The third-order valence-electron chi connectivity index (χ3n) is 2.59. The minimum atomic E-state index is -4.28. The van der Waals surface area contributed by atoms with Crippen LogP contribution in [0.3, 0.4) is 0 Å². The van der Waals surface area contributed by atoms with Crippen LogP contribution < -0.4 is 4.72 Å². The summed E-state index contributed by atoms with van der Waals surface area (Å²) in [5.74, 6) is 0. The molecule has 1 saturated carbocycles. The maximum atomic E-state index is 11.6. The van der Waals surface area contributed by atoms with Gasteiger partial charge in [-0.2, -0.15) is 13.1 Å². The second-order valence-electron chi connectivity index (χ2n) is 3.73. The summed E-state index contributed by atoms with van der Waals surface area (Å²) in [7, 11) is -7.88. The first-order chi connectivity index (χ1) is 7.22. The van der Waals surface area contributed by atoms with Gasteiger partial charge in [0.25, 0.3) is 6.08 Å². The molecule has 16 heavy (non-hydrogen) atoms. The predicted molar refractivity (Wildman–Crippen MR) is 56.2 cm³/mol. The Morgan fingerprint density at radius 2 is 1.69 bits per heavy atom. The number of sulfone groups is 1. The molecule has 0 bridgehead atoms. The lowest BCUT2D eigenvalue weighted by atomic mass is 10.3. The van der Waals surface area contributed by atoms with E-state index in [1.165, 1.54) is 0 Å². The second-order valence-corrected chi connectivity index (χ2v) is 7.40. The molecule has 0 saturated heterocycles. The molecule has 7 nitrogen and oxygen atoms in total. The van der Waals surface area contributed by atoms with Crippen LogP contribution in [-0.4, -0.2) is 34.0 Å². The van der Waals surface area contributed by atoms with Gasteiger partial charge in [0.15, 0.2) is 9.84 Å². The van der Waals surface area contributed by atoms with Crippen molar-refractivity contribution in [1.29, 1.82) is 0 Å². The van der Waals surface area contributed by atoms with Crippen molar-refractivity contribution in [3.8, 4) is 0 Å². The van der Waals surface area contributed by atoms with E-state index in [-0.39, 0.29) is 12.8 Å². The standard InChI is InChI=1S/C7H12N2O5S2/c1-15(11,12)7(4-2-3-5-7)9-16(13,14)8-6-10/h9H,2-5H2,1H3. The van der Waals surface area contributed by atoms with Crippen molar-refractivity contribution in [2.75, 3.05) is 6.26 Å². The van der Waals surface area contributed by atoms with Crippen LogP contribution in [0.25, 0.3) is 0 Å². The number of nitrogens with zero attached hydrogens (tertiary/aromatic N) is 1. The Morgan fingerprint density at radius 3 is 2.06 bits per heavy atom. The highest BCUT2D eigenvalue weighted by molar-refractivity contribution is 7.94. The lowest BCUT2D eigenvalue weighted by Gasteiger charge is -2.26. The van der Waals surface area contributed by atoms with Crippen LogP contribution in [0, 0.1) is 0 Å². The average Bonchev–Trinajstić information content (AvgIpc) is 2.51. The van der Waals surface area contributed by atoms with E-state index < -0.39 is 24.9 Å². The van der Waals surface area contributed by atoms with Crippen LogP contribution in [0.5, 0.6) is 0 Å². The molecular formula is C7H12N2O5S2. The summed E-state index contributed by atoms with van der Waals surface area (Å²) in [6, 6.07) is 0. The van der Waals surface area contributed by atoms with Crippen LogP contribution >= 0.6 is 0 Å². The molecular weight excluding hydrogens is 256 g/mol. The molecule has 1 rings (SSSR count). The largest absolute Gasteiger partial charge is 0.331 e. The number of rotatable bonds is 4. The molecule has 0 heterocycles. The predicted octanol–water partition coefficient (Wildman–Crippen LogP) is -0.528. The zero-order chi connectivity index (χ0) is 12.4. The molecule has 0 aromatic heterocycles.